The Hall–Kier alpha value is -1.79. The van der Waals surface area contributed by atoms with Gasteiger partial charge in [-0.15, -0.1) is 0 Å². The Bertz CT molecular complexity index is 1180. The smallest absolute Gasteiger partial charge is 0.410 e. The van der Waals surface area contributed by atoms with Gasteiger partial charge in [0.1, 0.15) is 16.8 Å². The Morgan fingerprint density at radius 3 is 2.63 bits per heavy atom. The van der Waals surface area contributed by atoms with Crippen LogP contribution in [0.5, 0.6) is 0 Å². The van der Waals surface area contributed by atoms with E-state index in [0.717, 1.165) is 36.9 Å². The lowest BCUT2D eigenvalue weighted by molar-refractivity contribution is 0.0607. The third kappa shape index (κ3) is 5.80. The van der Waals surface area contributed by atoms with Gasteiger partial charge in [0.15, 0.2) is 5.16 Å². The fourth-order valence-corrected chi connectivity index (χ4v) is 6.87. The number of hydrogen-bond acceptors (Lipinski definition) is 8. The van der Waals surface area contributed by atoms with E-state index in [4.69, 9.17) is 27.9 Å². The number of sulfonamides is 1. The van der Waals surface area contributed by atoms with E-state index in [1.807, 2.05) is 12.3 Å². The fraction of sp³-hybridized carbons (Fsp3) is 0.500. The highest BCUT2D eigenvalue weighted by Gasteiger charge is 2.37. The summed E-state index contributed by atoms with van der Waals surface area (Å²) in [6, 6.07) is 6.43. The first-order valence-electron chi connectivity index (χ1n) is 11.2. The minimum atomic E-state index is -3.84. The Morgan fingerprint density at radius 1 is 1.17 bits per heavy atom. The highest BCUT2D eigenvalue weighted by molar-refractivity contribution is 7.98. The van der Waals surface area contributed by atoms with Crippen molar-refractivity contribution in [2.24, 2.45) is 0 Å². The van der Waals surface area contributed by atoms with Crippen molar-refractivity contribution in [3.8, 4) is 0 Å². The van der Waals surface area contributed by atoms with Gasteiger partial charge in [-0.05, 0) is 43.7 Å². The predicted octanol–water partition coefficient (Wildman–Crippen LogP) is 4.01. The lowest BCUT2D eigenvalue weighted by atomic mass is 10.0. The molecule has 0 radical (unpaired) electrons. The minimum Gasteiger partial charge on any atom is -0.445 e. The first kappa shape index (κ1) is 26.3. The number of anilines is 1. The van der Waals surface area contributed by atoms with Crippen molar-refractivity contribution in [2.45, 2.75) is 41.5 Å². The molecule has 0 unspecified atom stereocenters. The van der Waals surface area contributed by atoms with Crippen molar-refractivity contribution in [3.05, 3.63) is 40.5 Å². The van der Waals surface area contributed by atoms with E-state index in [0.29, 0.717) is 6.42 Å². The summed E-state index contributed by atoms with van der Waals surface area (Å²) >= 11 is 13.6. The molecule has 2 fully saturated rings. The van der Waals surface area contributed by atoms with Crippen LogP contribution in [0.1, 0.15) is 19.3 Å². The van der Waals surface area contributed by atoms with Gasteiger partial charge >= 0.3 is 6.09 Å². The highest BCUT2D eigenvalue weighted by atomic mass is 35.5. The van der Waals surface area contributed by atoms with Crippen LogP contribution in [0.15, 0.2) is 40.5 Å². The lowest BCUT2D eigenvalue weighted by Gasteiger charge is -2.37. The number of carbonyl (C=O) groups is 1. The molecular formula is C22H27Cl2N5O4S2. The molecule has 1 aromatic carbocycles. The van der Waals surface area contributed by atoms with Gasteiger partial charge in [0.2, 0.25) is 10.0 Å². The van der Waals surface area contributed by atoms with Crippen molar-refractivity contribution < 1.29 is 17.9 Å². The molecule has 35 heavy (non-hydrogen) atoms. The van der Waals surface area contributed by atoms with E-state index >= 15 is 0 Å². The van der Waals surface area contributed by atoms with Crippen LogP contribution in [0.4, 0.5) is 10.6 Å². The number of amides is 1. The molecule has 2 aliphatic heterocycles. The second-order valence-corrected chi connectivity index (χ2v) is 11.9. The molecule has 0 saturated carbocycles. The number of halogens is 2. The van der Waals surface area contributed by atoms with Crippen LogP contribution in [0.3, 0.4) is 0 Å². The van der Waals surface area contributed by atoms with Gasteiger partial charge in [-0.25, -0.2) is 23.2 Å². The average molecular weight is 561 g/mol. The number of hydrogen-bond donors (Lipinski definition) is 0. The number of piperidine rings is 1. The number of benzene rings is 1. The second kappa shape index (κ2) is 11.1. The van der Waals surface area contributed by atoms with Gasteiger partial charge in [0, 0.05) is 38.9 Å². The molecule has 0 bridgehead atoms. The summed E-state index contributed by atoms with van der Waals surface area (Å²) in [5, 5.41) is 0.898. The zero-order valence-electron chi connectivity index (χ0n) is 19.4. The van der Waals surface area contributed by atoms with Gasteiger partial charge in [-0.3, -0.25) is 0 Å². The van der Waals surface area contributed by atoms with E-state index < -0.39 is 22.2 Å². The zero-order valence-corrected chi connectivity index (χ0v) is 22.6. The van der Waals surface area contributed by atoms with Crippen molar-refractivity contribution >= 4 is 56.9 Å². The first-order chi connectivity index (χ1) is 16.7. The first-order valence-corrected chi connectivity index (χ1v) is 14.6. The highest BCUT2D eigenvalue weighted by Crippen LogP contribution is 2.32. The molecule has 9 nitrogen and oxygen atoms in total. The molecule has 4 rings (SSSR count). The number of thioether (sulfide) groups is 1. The lowest BCUT2D eigenvalue weighted by Crippen LogP contribution is -2.46. The summed E-state index contributed by atoms with van der Waals surface area (Å²) in [7, 11) is -2.11. The summed E-state index contributed by atoms with van der Waals surface area (Å²) in [6.45, 7) is 1.85. The van der Waals surface area contributed by atoms with Gasteiger partial charge in [-0.1, -0.05) is 41.0 Å². The van der Waals surface area contributed by atoms with Crippen molar-refractivity contribution in [1.82, 2.24) is 19.2 Å². The Morgan fingerprint density at radius 2 is 1.91 bits per heavy atom. The maximum Gasteiger partial charge on any atom is 0.410 e. The molecule has 2 saturated heterocycles. The minimum absolute atomic E-state index is 0.00711. The SMILES string of the molecule is CSc1nccc(N2CCC(N(C)C(=O)O[C@H]3CCN(S(=O)(=O)c4cccc(Cl)c4Cl)C3)CC2)n1. The van der Waals surface area contributed by atoms with Gasteiger partial charge in [-0.2, -0.15) is 4.31 Å². The molecule has 13 heteroatoms. The zero-order chi connectivity index (χ0) is 25.2. The van der Waals surface area contributed by atoms with E-state index in [9.17, 15) is 13.2 Å². The van der Waals surface area contributed by atoms with E-state index in [1.54, 1.807) is 24.2 Å². The molecule has 0 aliphatic carbocycles. The quantitative estimate of drug-likeness (QED) is 0.387. The van der Waals surface area contributed by atoms with Crippen LogP contribution in [0, 0.1) is 0 Å². The van der Waals surface area contributed by atoms with Crippen molar-refractivity contribution in [2.75, 3.05) is 44.4 Å². The third-order valence-corrected chi connectivity index (χ3v) is 9.74. The maximum atomic E-state index is 13.0. The Labute approximate surface area is 219 Å². The molecular weight excluding hydrogens is 533 g/mol. The third-order valence-electron chi connectivity index (χ3n) is 6.33. The van der Waals surface area contributed by atoms with Crippen LogP contribution in [0.2, 0.25) is 10.0 Å². The summed E-state index contributed by atoms with van der Waals surface area (Å²) in [4.78, 5) is 25.4. The van der Waals surface area contributed by atoms with Gasteiger partial charge in [0.05, 0.1) is 16.6 Å². The van der Waals surface area contributed by atoms with Crippen LogP contribution < -0.4 is 4.90 Å². The second-order valence-electron chi connectivity index (χ2n) is 8.44. The number of nitrogens with zero attached hydrogens (tertiary/aromatic N) is 5. The van der Waals surface area contributed by atoms with E-state index in [2.05, 4.69) is 14.9 Å². The summed E-state index contributed by atoms with van der Waals surface area (Å²) < 4.78 is 33.0. The normalized spacial score (nSPS) is 19.7. The molecule has 2 aromatic rings. The van der Waals surface area contributed by atoms with Crippen LogP contribution >= 0.6 is 35.0 Å². The van der Waals surface area contributed by atoms with Crippen LogP contribution in [0.25, 0.3) is 0 Å². The molecule has 0 N–H and O–H groups in total. The monoisotopic (exact) mass is 559 g/mol. The molecule has 1 aromatic heterocycles. The number of rotatable bonds is 6. The van der Waals surface area contributed by atoms with Crippen molar-refractivity contribution in [1.29, 1.82) is 0 Å². The van der Waals surface area contributed by atoms with Gasteiger partial charge in [0.25, 0.3) is 0 Å². The fourth-order valence-electron chi connectivity index (χ4n) is 4.30. The number of aromatic nitrogens is 2. The van der Waals surface area contributed by atoms with Gasteiger partial charge < -0.3 is 14.5 Å². The Balaban J connectivity index is 1.30. The molecule has 1 atom stereocenters. The van der Waals surface area contributed by atoms with E-state index in [-0.39, 0.29) is 34.1 Å². The molecule has 190 valence electrons. The Kier molecular flexibility index (Phi) is 8.32. The number of carbonyl (C=O) groups excluding carboxylic acids is 1. The molecule has 1 amide bonds. The number of ether oxygens (including phenoxy) is 1. The molecule has 3 heterocycles. The molecule has 0 spiro atoms. The summed E-state index contributed by atoms with van der Waals surface area (Å²) in [5.74, 6) is 0.889. The standard InChI is InChI=1S/C22H27Cl2N5O4S2/c1-27(15-7-11-28(12-8-15)19-6-10-25-21(26-19)34-2)22(30)33-16-9-13-29(14-16)35(31,32)18-5-3-4-17(23)20(18)24/h3-6,10,15-16H,7-9,11-14H2,1-2H3/t16-/m0/s1. The molecule has 2 aliphatic rings. The predicted molar refractivity (Wildman–Crippen MR) is 137 cm³/mol. The van der Waals surface area contributed by atoms with E-state index in [1.165, 1.54) is 28.2 Å². The maximum absolute atomic E-state index is 13.0. The average Bonchev–Trinajstić information content (AvgIpc) is 3.34. The van der Waals surface area contributed by atoms with Crippen LogP contribution in [-0.2, 0) is 14.8 Å². The largest absolute Gasteiger partial charge is 0.445 e. The van der Waals surface area contributed by atoms with Crippen molar-refractivity contribution in [3.63, 3.8) is 0 Å². The summed E-state index contributed by atoms with van der Waals surface area (Å²) in [5.41, 5.74) is 0. The van der Waals surface area contributed by atoms with Crippen LogP contribution in [-0.4, -0.2) is 85.3 Å². The topological polar surface area (TPSA) is 95.9 Å². The summed E-state index contributed by atoms with van der Waals surface area (Å²) in [6.07, 6.45) is 4.71.